The number of allylic oxidation sites excluding steroid dienone is 3. The summed E-state index contributed by atoms with van der Waals surface area (Å²) in [7, 11) is 0. The fourth-order valence-electron chi connectivity index (χ4n) is 0.933. The van der Waals surface area contributed by atoms with E-state index in [1.54, 1.807) is 0 Å². The Morgan fingerprint density at radius 1 is 1.64 bits per heavy atom. The van der Waals surface area contributed by atoms with E-state index in [0.29, 0.717) is 13.2 Å². The average Bonchev–Trinajstić information content (AvgIpc) is 2.07. The van der Waals surface area contributed by atoms with Gasteiger partial charge in [-0.15, -0.1) is 0 Å². The molecule has 0 spiro atoms. The zero-order valence-electron chi connectivity index (χ0n) is 6.49. The van der Waals surface area contributed by atoms with E-state index in [2.05, 4.69) is 12.2 Å². The molecule has 0 radical (unpaired) electrons. The third-order valence-corrected chi connectivity index (χ3v) is 1.48. The van der Waals surface area contributed by atoms with Gasteiger partial charge in [0.15, 0.2) is 0 Å². The monoisotopic (exact) mass is 153 g/mol. The molecule has 0 aromatic heterocycles. The fraction of sp³-hybridized carbons (Fsp3) is 0.444. The minimum atomic E-state index is 0.104. The Labute approximate surface area is 67.2 Å². The molecule has 0 aliphatic heterocycles. The maximum atomic E-state index is 8.43. The summed E-state index contributed by atoms with van der Waals surface area (Å²) in [5, 5.41) is 8.43. The lowest BCUT2D eigenvalue weighted by Gasteiger charge is -2.01. The van der Waals surface area contributed by atoms with E-state index in [0.717, 1.165) is 6.42 Å². The van der Waals surface area contributed by atoms with E-state index in [-0.39, 0.29) is 6.61 Å². The zero-order valence-corrected chi connectivity index (χ0v) is 6.49. The largest absolute Gasteiger partial charge is 0.394 e. The van der Waals surface area contributed by atoms with Gasteiger partial charge in [-0.1, -0.05) is 0 Å². The lowest BCUT2D eigenvalue weighted by molar-refractivity contribution is 0.107. The number of hydrogen-bond donors (Lipinski definition) is 1. The standard InChI is InChI=1S/C9H13O2/c10-6-7-11-8-9-4-2-1-3-5-9/h1-4,10H,5-8H2/q+1. The highest BCUT2D eigenvalue weighted by Crippen LogP contribution is 2.09. The minimum Gasteiger partial charge on any atom is -0.394 e. The second kappa shape index (κ2) is 4.99. The first-order valence-corrected chi connectivity index (χ1v) is 3.80. The van der Waals surface area contributed by atoms with E-state index in [4.69, 9.17) is 9.84 Å². The number of hydrogen-bond acceptors (Lipinski definition) is 2. The number of aliphatic hydroxyl groups excluding tert-OH is 1. The van der Waals surface area contributed by atoms with Crippen LogP contribution in [0.3, 0.4) is 0 Å². The molecule has 1 rings (SSSR count). The second-order valence-electron chi connectivity index (χ2n) is 2.43. The van der Waals surface area contributed by atoms with Gasteiger partial charge in [0.05, 0.1) is 25.2 Å². The van der Waals surface area contributed by atoms with Crippen LogP contribution in [0.15, 0.2) is 23.8 Å². The molecule has 60 valence electrons. The van der Waals surface area contributed by atoms with Crippen LogP contribution in [0.2, 0.25) is 0 Å². The van der Waals surface area contributed by atoms with Gasteiger partial charge in [0, 0.05) is 24.6 Å². The summed E-state index contributed by atoms with van der Waals surface area (Å²) in [6.07, 6.45) is 9.15. The Morgan fingerprint density at radius 2 is 2.55 bits per heavy atom. The molecule has 0 unspecified atom stereocenters. The van der Waals surface area contributed by atoms with Gasteiger partial charge in [-0.3, -0.25) is 0 Å². The van der Waals surface area contributed by atoms with Gasteiger partial charge in [-0.05, 0) is 0 Å². The molecule has 0 saturated heterocycles. The van der Waals surface area contributed by atoms with Crippen LogP contribution in [0.5, 0.6) is 0 Å². The lowest BCUT2D eigenvalue weighted by atomic mass is 10.1. The predicted octanol–water partition coefficient (Wildman–Crippen LogP) is 1.09. The first-order valence-electron chi connectivity index (χ1n) is 3.80. The van der Waals surface area contributed by atoms with Crippen LogP contribution in [0.25, 0.3) is 0 Å². The Bertz CT molecular complexity index is 159. The molecule has 0 atom stereocenters. The van der Waals surface area contributed by atoms with Crippen LogP contribution in [0, 0.1) is 6.42 Å². The molecule has 2 heteroatoms. The highest BCUT2D eigenvalue weighted by atomic mass is 16.5. The molecule has 1 N–H and O–H groups in total. The van der Waals surface area contributed by atoms with Crippen molar-refractivity contribution in [1.29, 1.82) is 0 Å². The first-order chi connectivity index (χ1) is 5.43. The lowest BCUT2D eigenvalue weighted by Crippen LogP contribution is -2.03. The van der Waals surface area contributed by atoms with E-state index in [1.807, 2.05) is 12.5 Å². The van der Waals surface area contributed by atoms with E-state index < -0.39 is 0 Å². The van der Waals surface area contributed by atoms with Crippen molar-refractivity contribution in [3.63, 3.8) is 0 Å². The highest BCUT2D eigenvalue weighted by Gasteiger charge is 2.05. The molecule has 1 aliphatic rings. The molecule has 0 bridgehead atoms. The Hall–Kier alpha value is -0.730. The van der Waals surface area contributed by atoms with Crippen LogP contribution in [0.4, 0.5) is 0 Å². The quantitative estimate of drug-likeness (QED) is 0.484. The van der Waals surface area contributed by atoms with Gasteiger partial charge in [0.1, 0.15) is 6.61 Å². The summed E-state index contributed by atoms with van der Waals surface area (Å²) >= 11 is 0. The molecule has 0 amide bonds. The van der Waals surface area contributed by atoms with Crippen molar-refractivity contribution in [2.45, 2.75) is 6.42 Å². The number of rotatable bonds is 4. The Kier molecular flexibility index (Phi) is 3.80. The van der Waals surface area contributed by atoms with Gasteiger partial charge < -0.3 is 9.84 Å². The molecular weight excluding hydrogens is 140 g/mol. The summed E-state index contributed by atoms with van der Waals surface area (Å²) in [5.74, 6) is 0. The first kappa shape index (κ1) is 8.37. The predicted molar refractivity (Wildman–Crippen MR) is 44.0 cm³/mol. The van der Waals surface area contributed by atoms with Gasteiger partial charge in [-0.25, -0.2) is 0 Å². The van der Waals surface area contributed by atoms with Crippen molar-refractivity contribution in [1.82, 2.24) is 0 Å². The molecule has 0 fully saturated rings. The average molecular weight is 153 g/mol. The summed E-state index contributed by atoms with van der Waals surface area (Å²) in [6.45, 7) is 1.18. The van der Waals surface area contributed by atoms with Gasteiger partial charge >= 0.3 is 0 Å². The van der Waals surface area contributed by atoms with Crippen molar-refractivity contribution in [3.8, 4) is 0 Å². The smallest absolute Gasteiger partial charge is 0.113 e. The molecule has 2 nitrogen and oxygen atoms in total. The van der Waals surface area contributed by atoms with Crippen LogP contribution in [-0.2, 0) is 4.74 Å². The van der Waals surface area contributed by atoms with Crippen molar-refractivity contribution in [2.24, 2.45) is 0 Å². The van der Waals surface area contributed by atoms with Gasteiger partial charge in [0.2, 0.25) is 0 Å². The third kappa shape index (κ3) is 3.25. The fourth-order valence-corrected chi connectivity index (χ4v) is 0.933. The van der Waals surface area contributed by atoms with Crippen LogP contribution in [-0.4, -0.2) is 24.9 Å². The summed E-state index contributed by atoms with van der Waals surface area (Å²) in [5.41, 5.74) is 1.26. The Morgan fingerprint density at radius 3 is 3.18 bits per heavy atom. The molecule has 0 aromatic carbocycles. The van der Waals surface area contributed by atoms with E-state index in [9.17, 15) is 0 Å². The summed E-state index contributed by atoms with van der Waals surface area (Å²) in [6, 6.07) is 0. The van der Waals surface area contributed by atoms with Crippen molar-refractivity contribution in [3.05, 3.63) is 30.2 Å². The van der Waals surface area contributed by atoms with Crippen molar-refractivity contribution in [2.75, 3.05) is 19.8 Å². The van der Waals surface area contributed by atoms with Crippen LogP contribution >= 0.6 is 0 Å². The van der Waals surface area contributed by atoms with Gasteiger partial charge in [-0.2, -0.15) is 0 Å². The second-order valence-corrected chi connectivity index (χ2v) is 2.43. The number of aliphatic hydroxyl groups is 1. The molecule has 1 aliphatic carbocycles. The normalized spacial score (nSPS) is 15.9. The molecular formula is C9H13O2+. The van der Waals surface area contributed by atoms with E-state index >= 15 is 0 Å². The Balaban J connectivity index is 2.11. The third-order valence-electron chi connectivity index (χ3n) is 1.48. The highest BCUT2D eigenvalue weighted by molar-refractivity contribution is 5.23. The van der Waals surface area contributed by atoms with E-state index in [1.165, 1.54) is 5.57 Å². The topological polar surface area (TPSA) is 29.5 Å². The summed E-state index contributed by atoms with van der Waals surface area (Å²) in [4.78, 5) is 0. The molecule has 0 saturated carbocycles. The number of ether oxygens (including phenoxy) is 1. The molecule has 11 heavy (non-hydrogen) atoms. The summed E-state index contributed by atoms with van der Waals surface area (Å²) < 4.78 is 5.15. The SMILES string of the molecule is OCCOCC1=C[CH+]C=CC1. The maximum Gasteiger partial charge on any atom is 0.113 e. The van der Waals surface area contributed by atoms with Crippen LogP contribution < -0.4 is 0 Å². The molecule has 0 heterocycles. The van der Waals surface area contributed by atoms with Crippen LogP contribution in [0.1, 0.15) is 6.42 Å². The maximum absolute atomic E-state index is 8.43. The van der Waals surface area contributed by atoms with Crippen molar-refractivity contribution >= 4 is 0 Å². The zero-order chi connectivity index (χ0) is 7.94. The van der Waals surface area contributed by atoms with Gasteiger partial charge in [0.25, 0.3) is 0 Å². The van der Waals surface area contributed by atoms with Crippen molar-refractivity contribution < 1.29 is 9.84 Å². The minimum absolute atomic E-state index is 0.104. The molecule has 0 aromatic rings.